The smallest absolute Gasteiger partial charge is 0.255 e. The minimum Gasteiger partial charge on any atom is -0.369 e. The van der Waals surface area contributed by atoms with Crippen molar-refractivity contribution in [2.75, 3.05) is 37.7 Å². The van der Waals surface area contributed by atoms with Gasteiger partial charge in [-0.05, 0) is 18.9 Å². The molecule has 1 atom stereocenters. The average molecular weight is 340 g/mol. The Kier molecular flexibility index (Phi) is 4.27. The van der Waals surface area contributed by atoms with Crippen molar-refractivity contribution >= 4 is 11.7 Å². The first kappa shape index (κ1) is 15.9. The molecule has 4 rings (SSSR count). The highest BCUT2D eigenvalue weighted by Crippen LogP contribution is 2.31. The molecule has 130 valence electrons. The van der Waals surface area contributed by atoms with E-state index >= 15 is 0 Å². The molecule has 8 heteroatoms. The second kappa shape index (κ2) is 6.72. The third-order valence-corrected chi connectivity index (χ3v) is 4.78. The quantitative estimate of drug-likeness (QED) is 0.798. The van der Waals surface area contributed by atoms with Crippen LogP contribution in [0.25, 0.3) is 0 Å². The molecule has 2 aliphatic rings. The number of morpholine rings is 1. The molecule has 0 aromatic carbocycles. The van der Waals surface area contributed by atoms with E-state index in [0.29, 0.717) is 31.8 Å². The van der Waals surface area contributed by atoms with Crippen LogP contribution in [0.4, 0.5) is 5.82 Å². The maximum Gasteiger partial charge on any atom is 0.255 e. The van der Waals surface area contributed by atoms with Gasteiger partial charge in [0.25, 0.3) is 5.91 Å². The first-order valence-electron chi connectivity index (χ1n) is 8.47. The summed E-state index contributed by atoms with van der Waals surface area (Å²) in [7, 11) is 0. The third kappa shape index (κ3) is 3.30. The monoisotopic (exact) mass is 340 g/mol. The molecule has 2 aliphatic heterocycles. The molecule has 0 bridgehead atoms. The number of aromatic nitrogens is 4. The van der Waals surface area contributed by atoms with Crippen LogP contribution in [0.2, 0.25) is 0 Å². The maximum absolute atomic E-state index is 12.7. The van der Waals surface area contributed by atoms with Gasteiger partial charge in [-0.25, -0.2) is 4.98 Å². The number of carbonyl (C=O) groups excluding carboxylic acids is 1. The molecule has 1 spiro atoms. The molecule has 1 unspecified atom stereocenters. The lowest BCUT2D eigenvalue weighted by Gasteiger charge is -2.48. The van der Waals surface area contributed by atoms with Crippen molar-refractivity contribution in [1.82, 2.24) is 25.1 Å². The van der Waals surface area contributed by atoms with Crippen molar-refractivity contribution in [2.45, 2.75) is 18.4 Å². The zero-order valence-electron chi connectivity index (χ0n) is 13.9. The van der Waals surface area contributed by atoms with Crippen LogP contribution in [-0.4, -0.2) is 69.4 Å². The van der Waals surface area contributed by atoms with E-state index in [1.807, 2.05) is 4.90 Å². The lowest BCUT2D eigenvalue weighted by molar-refractivity contribution is -0.105. The Morgan fingerprint density at radius 3 is 2.88 bits per heavy atom. The van der Waals surface area contributed by atoms with Crippen LogP contribution in [0.15, 0.2) is 37.1 Å². The van der Waals surface area contributed by atoms with Crippen LogP contribution in [0.3, 0.4) is 0 Å². The van der Waals surface area contributed by atoms with Gasteiger partial charge in [-0.15, -0.1) is 0 Å². The molecule has 4 heterocycles. The summed E-state index contributed by atoms with van der Waals surface area (Å²) in [5, 5.41) is 7.54. The van der Waals surface area contributed by atoms with Crippen molar-refractivity contribution in [1.29, 1.82) is 0 Å². The van der Waals surface area contributed by atoms with E-state index in [0.717, 1.165) is 25.2 Å². The van der Waals surface area contributed by atoms with Gasteiger partial charge in [0.1, 0.15) is 11.4 Å². The first-order valence-corrected chi connectivity index (χ1v) is 8.47. The summed E-state index contributed by atoms with van der Waals surface area (Å²) < 4.78 is 6.16. The SMILES string of the molecule is O=C(c1ccnnc1)N1CCOC2(CCCN(c3cnccn3)C2)C1. The van der Waals surface area contributed by atoms with Gasteiger partial charge in [0.2, 0.25) is 0 Å². The summed E-state index contributed by atoms with van der Waals surface area (Å²) in [5.41, 5.74) is 0.207. The molecule has 2 saturated heterocycles. The topological polar surface area (TPSA) is 84.3 Å². The van der Waals surface area contributed by atoms with Gasteiger partial charge in [0, 0.05) is 25.5 Å². The molecule has 8 nitrogen and oxygen atoms in total. The number of hydrogen-bond donors (Lipinski definition) is 0. The Morgan fingerprint density at radius 1 is 1.12 bits per heavy atom. The van der Waals surface area contributed by atoms with Crippen molar-refractivity contribution in [3.05, 3.63) is 42.6 Å². The number of anilines is 1. The van der Waals surface area contributed by atoms with E-state index in [4.69, 9.17) is 4.74 Å². The zero-order valence-corrected chi connectivity index (χ0v) is 13.9. The van der Waals surface area contributed by atoms with Crippen molar-refractivity contribution in [2.24, 2.45) is 0 Å². The molecule has 25 heavy (non-hydrogen) atoms. The van der Waals surface area contributed by atoms with Crippen LogP contribution in [0.5, 0.6) is 0 Å². The van der Waals surface area contributed by atoms with Crippen LogP contribution in [0, 0.1) is 0 Å². The van der Waals surface area contributed by atoms with Gasteiger partial charge in [-0.3, -0.25) is 9.78 Å². The minimum absolute atomic E-state index is 0.0193. The van der Waals surface area contributed by atoms with Crippen molar-refractivity contribution in [3.8, 4) is 0 Å². The molecule has 0 radical (unpaired) electrons. The number of piperidine rings is 1. The highest BCUT2D eigenvalue weighted by atomic mass is 16.5. The first-order chi connectivity index (χ1) is 12.3. The Morgan fingerprint density at radius 2 is 2.08 bits per heavy atom. The molecule has 2 aromatic rings. The normalized spacial score (nSPS) is 23.7. The Balaban J connectivity index is 1.51. The zero-order chi connectivity index (χ0) is 17.1. The van der Waals surface area contributed by atoms with Crippen LogP contribution in [-0.2, 0) is 4.74 Å². The van der Waals surface area contributed by atoms with E-state index in [9.17, 15) is 4.79 Å². The predicted octanol–water partition coefficient (Wildman–Crippen LogP) is 0.778. The minimum atomic E-state index is -0.357. The highest BCUT2D eigenvalue weighted by Gasteiger charge is 2.42. The fourth-order valence-electron chi connectivity index (χ4n) is 3.61. The van der Waals surface area contributed by atoms with Crippen LogP contribution >= 0.6 is 0 Å². The molecular formula is C17H20N6O2. The van der Waals surface area contributed by atoms with Crippen LogP contribution < -0.4 is 4.90 Å². The molecule has 2 aromatic heterocycles. The average Bonchev–Trinajstić information content (AvgIpc) is 2.69. The van der Waals surface area contributed by atoms with Gasteiger partial charge in [-0.1, -0.05) is 0 Å². The number of carbonyl (C=O) groups is 1. The largest absolute Gasteiger partial charge is 0.369 e. The number of ether oxygens (including phenoxy) is 1. The lowest BCUT2D eigenvalue weighted by atomic mass is 9.90. The van der Waals surface area contributed by atoms with E-state index in [1.54, 1.807) is 30.9 Å². The number of amides is 1. The van der Waals surface area contributed by atoms with Gasteiger partial charge in [-0.2, -0.15) is 10.2 Å². The molecule has 0 N–H and O–H groups in total. The summed E-state index contributed by atoms with van der Waals surface area (Å²) >= 11 is 0. The molecule has 0 saturated carbocycles. The fourth-order valence-corrected chi connectivity index (χ4v) is 3.61. The van der Waals surface area contributed by atoms with Gasteiger partial charge in [0.15, 0.2) is 0 Å². The van der Waals surface area contributed by atoms with Gasteiger partial charge in [0.05, 0.1) is 43.9 Å². The van der Waals surface area contributed by atoms with Gasteiger partial charge < -0.3 is 14.5 Å². The summed E-state index contributed by atoms with van der Waals surface area (Å²) in [6, 6.07) is 1.70. The van der Waals surface area contributed by atoms with Crippen molar-refractivity contribution in [3.63, 3.8) is 0 Å². The molecule has 0 aliphatic carbocycles. The van der Waals surface area contributed by atoms with E-state index in [-0.39, 0.29) is 11.5 Å². The standard InChI is InChI=1S/C17H20N6O2/c24-16(14-2-4-20-21-10-14)23-8-9-25-17(13-23)3-1-7-22(12-17)15-11-18-5-6-19-15/h2,4-6,10-11H,1,3,7-9,12-13H2. The number of nitrogens with zero attached hydrogens (tertiary/aromatic N) is 6. The maximum atomic E-state index is 12.7. The molecule has 1 amide bonds. The second-order valence-electron chi connectivity index (χ2n) is 6.48. The fraction of sp³-hybridized carbons (Fsp3) is 0.471. The predicted molar refractivity (Wildman–Crippen MR) is 90.1 cm³/mol. The summed E-state index contributed by atoms with van der Waals surface area (Å²) in [6.45, 7) is 3.34. The van der Waals surface area contributed by atoms with Crippen molar-refractivity contribution < 1.29 is 9.53 Å². The number of hydrogen-bond acceptors (Lipinski definition) is 7. The van der Waals surface area contributed by atoms with E-state index in [1.165, 1.54) is 6.20 Å². The highest BCUT2D eigenvalue weighted by molar-refractivity contribution is 5.93. The summed E-state index contributed by atoms with van der Waals surface area (Å²) in [5.74, 6) is 0.834. The molecular weight excluding hydrogens is 320 g/mol. The Bertz CT molecular complexity index is 724. The van der Waals surface area contributed by atoms with E-state index < -0.39 is 0 Å². The number of rotatable bonds is 2. The van der Waals surface area contributed by atoms with E-state index in [2.05, 4.69) is 25.1 Å². The second-order valence-corrected chi connectivity index (χ2v) is 6.48. The van der Waals surface area contributed by atoms with Crippen LogP contribution in [0.1, 0.15) is 23.2 Å². The van der Waals surface area contributed by atoms with Gasteiger partial charge >= 0.3 is 0 Å². The molecule has 2 fully saturated rings. The summed E-state index contributed by atoms with van der Waals surface area (Å²) in [4.78, 5) is 25.3. The Labute approximate surface area is 145 Å². The Hall–Kier alpha value is -2.61. The lowest BCUT2D eigenvalue weighted by Crippen LogP contribution is -2.61. The summed E-state index contributed by atoms with van der Waals surface area (Å²) in [6.07, 6.45) is 10.1. The third-order valence-electron chi connectivity index (χ3n) is 4.78.